The fourth-order valence-electron chi connectivity index (χ4n) is 5.99. The summed E-state index contributed by atoms with van der Waals surface area (Å²) in [5.41, 5.74) is 6.01. The molecule has 2 heteroatoms. The van der Waals surface area contributed by atoms with Crippen LogP contribution in [-0.2, 0) is 0 Å². The van der Waals surface area contributed by atoms with E-state index in [0.29, 0.717) is 0 Å². The maximum atomic E-state index is 6.71. The zero-order valence-corrected chi connectivity index (χ0v) is 17.3. The Kier molecular flexibility index (Phi) is 3.01. The lowest BCUT2D eigenvalue weighted by atomic mass is 9.74. The second-order valence-corrected chi connectivity index (χ2v) is 8.95. The Morgan fingerprint density at radius 2 is 1.38 bits per heavy atom. The monoisotopic (exact) mass is 409 g/mol. The van der Waals surface area contributed by atoms with E-state index in [4.69, 9.17) is 4.42 Å². The van der Waals surface area contributed by atoms with Gasteiger partial charge < -0.3 is 9.40 Å². The van der Waals surface area contributed by atoms with Crippen LogP contribution in [0.4, 0.5) is 0 Å². The van der Waals surface area contributed by atoms with E-state index in [0.717, 1.165) is 11.3 Å². The van der Waals surface area contributed by atoms with Gasteiger partial charge in [-0.05, 0) is 33.9 Å². The highest BCUT2D eigenvalue weighted by Gasteiger charge is 2.39. The molecule has 0 saturated carbocycles. The van der Waals surface area contributed by atoms with E-state index >= 15 is 0 Å². The number of hydrogen-bond acceptors (Lipinski definition) is 1. The van der Waals surface area contributed by atoms with Crippen molar-refractivity contribution in [2.24, 2.45) is 0 Å². The largest absolute Gasteiger partial charge is 0.459 e. The Balaban J connectivity index is 1.58. The van der Waals surface area contributed by atoms with E-state index in [1.807, 2.05) is 0 Å². The average molecular weight is 409 g/mol. The molecule has 0 saturated heterocycles. The number of rotatable bonds is 0. The predicted octanol–water partition coefficient (Wildman–Crippen LogP) is 8.19. The second-order valence-electron chi connectivity index (χ2n) is 8.95. The van der Waals surface area contributed by atoms with E-state index in [1.54, 1.807) is 0 Å². The molecular formula is C30H19NO. The van der Waals surface area contributed by atoms with Gasteiger partial charge in [0.1, 0.15) is 11.3 Å². The lowest BCUT2D eigenvalue weighted by Crippen LogP contribution is -2.14. The minimum atomic E-state index is 0.201. The Morgan fingerprint density at radius 1 is 0.656 bits per heavy atom. The molecule has 2 heterocycles. The first kappa shape index (κ1) is 16.6. The number of hydrogen-bond donors (Lipinski definition) is 1. The van der Waals surface area contributed by atoms with Crippen LogP contribution in [0.2, 0.25) is 0 Å². The van der Waals surface area contributed by atoms with Gasteiger partial charge in [-0.2, -0.15) is 0 Å². The molecule has 6 aromatic rings. The number of allylic oxidation sites excluding steroid dienone is 4. The summed E-state index contributed by atoms with van der Waals surface area (Å²) in [5, 5.41) is 7.51. The highest BCUT2D eigenvalue weighted by atomic mass is 16.3. The van der Waals surface area contributed by atoms with Gasteiger partial charge in [-0.15, -0.1) is 0 Å². The van der Waals surface area contributed by atoms with Crippen LogP contribution in [0.25, 0.3) is 54.7 Å². The Hall–Kier alpha value is -4.04. The van der Waals surface area contributed by atoms with Gasteiger partial charge in [-0.3, -0.25) is 0 Å². The van der Waals surface area contributed by atoms with Crippen LogP contribution < -0.4 is 0 Å². The molecule has 2 aliphatic carbocycles. The lowest BCUT2D eigenvalue weighted by molar-refractivity contribution is 0.505. The molecule has 32 heavy (non-hydrogen) atoms. The third-order valence-corrected chi connectivity index (χ3v) is 7.36. The molecule has 4 aromatic carbocycles. The number of H-pyrrole nitrogens is 1. The summed E-state index contributed by atoms with van der Waals surface area (Å²) in [6.07, 6.45) is 8.99. The number of fused-ring (bicyclic) bond motifs is 14. The first-order valence-corrected chi connectivity index (χ1v) is 11.2. The molecule has 150 valence electrons. The topological polar surface area (TPSA) is 28.9 Å². The quantitative estimate of drug-likeness (QED) is 0.269. The fraction of sp³-hybridized carbons (Fsp3) is 0.0667. The van der Waals surface area contributed by atoms with Crippen LogP contribution in [0, 0.1) is 0 Å². The van der Waals surface area contributed by atoms with Crippen LogP contribution in [0.5, 0.6) is 0 Å². The van der Waals surface area contributed by atoms with Crippen molar-refractivity contribution < 1.29 is 4.42 Å². The third-order valence-electron chi connectivity index (χ3n) is 7.36. The summed E-state index contributed by atoms with van der Waals surface area (Å²) in [6.45, 7) is 0. The molecule has 0 radical (unpaired) electrons. The van der Waals surface area contributed by atoms with Crippen molar-refractivity contribution in [1.29, 1.82) is 0 Å². The maximum Gasteiger partial charge on any atom is 0.142 e. The first-order chi connectivity index (χ1) is 15.9. The third kappa shape index (κ3) is 1.95. The first-order valence-electron chi connectivity index (χ1n) is 11.2. The van der Waals surface area contributed by atoms with E-state index in [2.05, 4.69) is 102 Å². The number of aromatic amines is 1. The van der Waals surface area contributed by atoms with Gasteiger partial charge in [-0.1, -0.05) is 85.0 Å². The van der Waals surface area contributed by atoms with Gasteiger partial charge in [-0.25, -0.2) is 0 Å². The molecule has 2 aliphatic rings. The molecule has 0 fully saturated rings. The summed E-state index contributed by atoms with van der Waals surface area (Å²) in [4.78, 5) is 3.81. The summed E-state index contributed by atoms with van der Waals surface area (Å²) in [7, 11) is 0. The highest BCUT2D eigenvalue weighted by Crippen LogP contribution is 2.55. The molecule has 2 nitrogen and oxygen atoms in total. The predicted molar refractivity (Wildman–Crippen MR) is 132 cm³/mol. The zero-order valence-electron chi connectivity index (χ0n) is 17.3. The number of benzene rings is 4. The summed E-state index contributed by atoms with van der Waals surface area (Å²) in [6, 6.07) is 26.1. The molecule has 8 rings (SSSR count). The van der Waals surface area contributed by atoms with Crippen molar-refractivity contribution >= 4 is 43.4 Å². The molecule has 0 amide bonds. The Bertz CT molecular complexity index is 1790. The van der Waals surface area contributed by atoms with Gasteiger partial charge in [0.2, 0.25) is 0 Å². The van der Waals surface area contributed by atoms with Crippen molar-refractivity contribution in [3.8, 4) is 11.3 Å². The van der Waals surface area contributed by atoms with Gasteiger partial charge in [0.15, 0.2) is 0 Å². The van der Waals surface area contributed by atoms with Gasteiger partial charge in [0.25, 0.3) is 0 Å². The maximum absolute atomic E-state index is 6.71. The lowest BCUT2D eigenvalue weighted by Gasteiger charge is -2.29. The highest BCUT2D eigenvalue weighted by molar-refractivity contribution is 6.15. The molecule has 1 N–H and O–H groups in total. The molecule has 0 aliphatic heterocycles. The second kappa shape index (κ2) is 5.80. The van der Waals surface area contributed by atoms with Gasteiger partial charge >= 0.3 is 0 Å². The zero-order chi connectivity index (χ0) is 20.8. The normalized spacial score (nSPS) is 19.0. The Morgan fingerprint density at radius 3 is 2.25 bits per heavy atom. The van der Waals surface area contributed by atoms with E-state index < -0.39 is 0 Å². The van der Waals surface area contributed by atoms with Crippen LogP contribution >= 0.6 is 0 Å². The van der Waals surface area contributed by atoms with Crippen LogP contribution in [0.1, 0.15) is 23.2 Å². The van der Waals surface area contributed by atoms with E-state index in [-0.39, 0.29) is 11.8 Å². The smallest absolute Gasteiger partial charge is 0.142 e. The molecule has 1 unspecified atom stereocenters. The fourth-order valence-corrected chi connectivity index (χ4v) is 5.99. The van der Waals surface area contributed by atoms with E-state index in [9.17, 15) is 0 Å². The van der Waals surface area contributed by atoms with Gasteiger partial charge in [0.05, 0.1) is 5.69 Å². The van der Waals surface area contributed by atoms with Gasteiger partial charge in [0, 0.05) is 39.1 Å². The molecule has 0 bridgehead atoms. The summed E-state index contributed by atoms with van der Waals surface area (Å²) >= 11 is 0. The minimum absolute atomic E-state index is 0.201. The summed E-state index contributed by atoms with van der Waals surface area (Å²) < 4.78 is 6.71. The van der Waals surface area contributed by atoms with Crippen LogP contribution in [0.15, 0.2) is 102 Å². The average Bonchev–Trinajstić information content (AvgIpc) is 3.43. The minimum Gasteiger partial charge on any atom is -0.459 e. The van der Waals surface area contributed by atoms with Crippen molar-refractivity contribution in [2.45, 2.75) is 11.8 Å². The number of aromatic nitrogens is 1. The number of nitrogens with one attached hydrogen (secondary N) is 1. The Labute approximate surface area is 184 Å². The van der Waals surface area contributed by atoms with Crippen LogP contribution in [-0.4, -0.2) is 4.98 Å². The molecule has 2 atom stereocenters. The van der Waals surface area contributed by atoms with Crippen molar-refractivity contribution in [1.82, 2.24) is 4.98 Å². The molecule has 2 aromatic heterocycles. The number of furan rings is 1. The molecular weight excluding hydrogens is 390 g/mol. The molecule has 0 spiro atoms. The SMILES string of the molecule is C1=CC2c3oc4c(ccc5ccccc54)c3-c3[nH]c4ccc5ccccc5c4c3[C@@H]2C=C1. The van der Waals surface area contributed by atoms with Crippen LogP contribution in [0.3, 0.4) is 0 Å². The van der Waals surface area contributed by atoms with Crippen molar-refractivity contribution in [2.75, 3.05) is 0 Å². The van der Waals surface area contributed by atoms with Crippen molar-refractivity contribution in [3.63, 3.8) is 0 Å². The van der Waals surface area contributed by atoms with E-state index in [1.165, 1.54) is 54.7 Å². The van der Waals surface area contributed by atoms with Crippen molar-refractivity contribution in [3.05, 3.63) is 108 Å². The standard InChI is InChI=1S/C30H19NO/c1-3-9-19-17(7-1)14-16-24-25(19)26-21-11-5-6-12-22(21)30-27(28(26)31-24)23-15-13-18-8-2-4-10-20(18)29(23)32-30/h1-16,21-22,31H/t21-,22?/m1/s1. The summed E-state index contributed by atoms with van der Waals surface area (Å²) in [5.74, 6) is 1.53.